The maximum Gasteiger partial charge on any atom is 0.245 e. The molecule has 3 aromatic rings. The van der Waals surface area contributed by atoms with Gasteiger partial charge in [0.2, 0.25) is 11.8 Å². The number of nitrogens with one attached hydrogen (secondary N) is 1. The van der Waals surface area contributed by atoms with E-state index in [2.05, 4.69) is 69.5 Å². The van der Waals surface area contributed by atoms with Crippen LogP contribution in [0.1, 0.15) is 35.1 Å². The van der Waals surface area contributed by atoms with Crippen LogP contribution < -0.4 is 5.32 Å². The Bertz CT molecular complexity index is 1450. The number of carbonyl (C=O) groups is 2. The van der Waals surface area contributed by atoms with E-state index in [0.717, 1.165) is 51.0 Å². The standard InChI is InChI=1S/C37H46ClN5O2/c1-40-18-16-37(17-19-40,26-29-8-4-3-5-9-29)43-22-20-42(21-23-43)36(45)33(24-28-12-14-32(38)15-13-28)39-35(44)34-25-30-10-6-7-11-31(30)27-41(34)2/h3-15,33-34H,16-27H2,1-2H3,(H,39,44)/t33-,34-/m1/s1. The molecule has 0 saturated carbocycles. The first-order chi connectivity index (χ1) is 21.8. The van der Waals surface area contributed by atoms with Gasteiger partial charge >= 0.3 is 0 Å². The van der Waals surface area contributed by atoms with E-state index in [4.69, 9.17) is 11.6 Å². The summed E-state index contributed by atoms with van der Waals surface area (Å²) in [6, 6.07) is 25.8. The van der Waals surface area contributed by atoms with Gasteiger partial charge in [-0.25, -0.2) is 0 Å². The first-order valence-electron chi connectivity index (χ1n) is 16.4. The molecule has 3 aliphatic rings. The highest BCUT2D eigenvalue weighted by Gasteiger charge is 2.42. The fourth-order valence-electron chi connectivity index (χ4n) is 7.51. The molecule has 0 unspecified atom stereocenters. The minimum atomic E-state index is -0.641. The molecule has 3 aromatic carbocycles. The summed E-state index contributed by atoms with van der Waals surface area (Å²) >= 11 is 6.17. The molecule has 2 amide bonds. The number of halogens is 1. The summed E-state index contributed by atoms with van der Waals surface area (Å²) in [6.07, 6.45) is 4.35. The topological polar surface area (TPSA) is 59.1 Å². The molecule has 6 rings (SSSR count). The average Bonchev–Trinajstić information content (AvgIpc) is 3.06. The molecule has 0 radical (unpaired) electrons. The van der Waals surface area contributed by atoms with Crippen molar-refractivity contribution in [2.75, 3.05) is 53.4 Å². The number of benzene rings is 3. The second kappa shape index (κ2) is 14.0. The number of fused-ring (bicyclic) bond motifs is 1. The van der Waals surface area contributed by atoms with Gasteiger partial charge in [-0.1, -0.05) is 78.3 Å². The summed E-state index contributed by atoms with van der Waals surface area (Å²) < 4.78 is 0. The van der Waals surface area contributed by atoms with Gasteiger partial charge in [-0.2, -0.15) is 0 Å². The predicted molar refractivity (Wildman–Crippen MR) is 180 cm³/mol. The fraction of sp³-hybridized carbons (Fsp3) is 0.459. The Labute approximate surface area is 273 Å². The monoisotopic (exact) mass is 627 g/mol. The zero-order chi connectivity index (χ0) is 31.4. The molecule has 2 atom stereocenters. The van der Waals surface area contributed by atoms with E-state index in [1.54, 1.807) is 0 Å². The zero-order valence-corrected chi connectivity index (χ0v) is 27.4. The molecule has 0 bridgehead atoms. The molecule has 3 aliphatic heterocycles. The number of hydrogen-bond donors (Lipinski definition) is 1. The average molecular weight is 628 g/mol. The summed E-state index contributed by atoms with van der Waals surface area (Å²) in [7, 11) is 4.20. The lowest BCUT2D eigenvalue weighted by atomic mass is 9.80. The van der Waals surface area contributed by atoms with Gasteiger partial charge in [0, 0.05) is 49.7 Å². The third kappa shape index (κ3) is 7.44. The first-order valence-corrected chi connectivity index (χ1v) is 16.8. The van der Waals surface area contributed by atoms with Crippen LogP contribution in [0.15, 0.2) is 78.9 Å². The van der Waals surface area contributed by atoms with Gasteiger partial charge < -0.3 is 15.1 Å². The number of likely N-dealkylation sites (tertiary alicyclic amines) is 1. The molecule has 2 saturated heterocycles. The smallest absolute Gasteiger partial charge is 0.245 e. The second-order valence-corrected chi connectivity index (χ2v) is 13.7. The van der Waals surface area contributed by atoms with Crippen LogP contribution in [-0.4, -0.2) is 102 Å². The van der Waals surface area contributed by atoms with Gasteiger partial charge in [-0.15, -0.1) is 0 Å². The summed E-state index contributed by atoms with van der Waals surface area (Å²) in [6.45, 7) is 5.89. The van der Waals surface area contributed by atoms with Crippen LogP contribution in [0.3, 0.4) is 0 Å². The molecular weight excluding hydrogens is 582 g/mol. The van der Waals surface area contributed by atoms with Crippen molar-refractivity contribution in [1.82, 2.24) is 24.9 Å². The Hall–Kier alpha value is -3.23. The molecule has 0 aliphatic carbocycles. The quantitative estimate of drug-likeness (QED) is 0.404. The van der Waals surface area contributed by atoms with Crippen molar-refractivity contribution in [2.45, 2.75) is 56.3 Å². The minimum Gasteiger partial charge on any atom is -0.343 e. The number of piperidine rings is 1. The highest BCUT2D eigenvalue weighted by atomic mass is 35.5. The van der Waals surface area contributed by atoms with Gasteiger partial charge in [0.25, 0.3) is 0 Å². The lowest BCUT2D eigenvalue weighted by molar-refractivity contribution is -0.140. The number of amides is 2. The van der Waals surface area contributed by atoms with E-state index < -0.39 is 6.04 Å². The van der Waals surface area contributed by atoms with Crippen molar-refractivity contribution >= 4 is 23.4 Å². The molecule has 8 heteroatoms. The molecule has 0 aromatic heterocycles. The van der Waals surface area contributed by atoms with Crippen LogP contribution in [0.2, 0.25) is 5.02 Å². The van der Waals surface area contributed by atoms with Crippen molar-refractivity contribution < 1.29 is 9.59 Å². The SMILES string of the molecule is CN1CCC(Cc2ccccc2)(N2CCN(C(=O)[C@@H](Cc3ccc(Cl)cc3)NC(=O)[C@H]3Cc4ccccc4CN3C)CC2)CC1. The van der Waals surface area contributed by atoms with Crippen LogP contribution >= 0.6 is 11.6 Å². The summed E-state index contributed by atoms with van der Waals surface area (Å²) in [5.74, 6) is -0.0941. The molecule has 45 heavy (non-hydrogen) atoms. The third-order valence-electron chi connectivity index (χ3n) is 10.3. The minimum absolute atomic E-state index is 0.00250. The molecule has 0 spiro atoms. The Morgan fingerprint density at radius 2 is 1.47 bits per heavy atom. The number of carbonyl (C=O) groups excluding carboxylic acids is 2. The zero-order valence-electron chi connectivity index (χ0n) is 26.6. The van der Waals surface area contributed by atoms with Gasteiger partial charge in [-0.3, -0.25) is 19.4 Å². The van der Waals surface area contributed by atoms with E-state index in [0.29, 0.717) is 37.5 Å². The molecule has 238 valence electrons. The number of nitrogens with zero attached hydrogens (tertiary/aromatic N) is 4. The maximum absolute atomic E-state index is 14.2. The molecule has 2 fully saturated rings. The second-order valence-electron chi connectivity index (χ2n) is 13.3. The van der Waals surface area contributed by atoms with Crippen molar-refractivity contribution in [1.29, 1.82) is 0 Å². The van der Waals surface area contributed by atoms with Crippen LogP contribution in [0.25, 0.3) is 0 Å². The summed E-state index contributed by atoms with van der Waals surface area (Å²) in [4.78, 5) is 37.2. The summed E-state index contributed by atoms with van der Waals surface area (Å²) in [5.41, 5.74) is 4.91. The fourth-order valence-corrected chi connectivity index (χ4v) is 7.63. The summed E-state index contributed by atoms with van der Waals surface area (Å²) in [5, 5.41) is 3.86. The Morgan fingerprint density at radius 1 is 0.822 bits per heavy atom. The van der Waals surface area contributed by atoms with E-state index in [1.807, 2.05) is 48.3 Å². The largest absolute Gasteiger partial charge is 0.343 e. The molecule has 1 N–H and O–H groups in total. The van der Waals surface area contributed by atoms with Gasteiger partial charge in [-0.05, 0) is 87.3 Å². The van der Waals surface area contributed by atoms with Crippen molar-refractivity contribution in [2.24, 2.45) is 0 Å². The van der Waals surface area contributed by atoms with Crippen molar-refractivity contribution in [3.8, 4) is 0 Å². The Balaban J connectivity index is 1.16. The number of hydrogen-bond acceptors (Lipinski definition) is 5. The number of rotatable bonds is 8. The maximum atomic E-state index is 14.2. The van der Waals surface area contributed by atoms with Gasteiger partial charge in [0.15, 0.2) is 0 Å². The lowest BCUT2D eigenvalue weighted by Crippen LogP contribution is -2.63. The van der Waals surface area contributed by atoms with E-state index in [9.17, 15) is 9.59 Å². The predicted octanol–water partition coefficient (Wildman–Crippen LogP) is 4.28. The molecule has 7 nitrogen and oxygen atoms in total. The van der Waals surface area contributed by atoms with Crippen LogP contribution in [-0.2, 0) is 35.4 Å². The Kier molecular flexibility index (Phi) is 9.90. The van der Waals surface area contributed by atoms with Crippen LogP contribution in [0.5, 0.6) is 0 Å². The number of piperazine rings is 1. The van der Waals surface area contributed by atoms with E-state index in [1.165, 1.54) is 16.7 Å². The highest BCUT2D eigenvalue weighted by molar-refractivity contribution is 6.30. The van der Waals surface area contributed by atoms with Crippen LogP contribution in [0, 0.1) is 0 Å². The van der Waals surface area contributed by atoms with Crippen LogP contribution in [0.4, 0.5) is 0 Å². The van der Waals surface area contributed by atoms with E-state index >= 15 is 0 Å². The van der Waals surface area contributed by atoms with Gasteiger partial charge in [0.05, 0.1) is 6.04 Å². The molecule has 3 heterocycles. The lowest BCUT2D eigenvalue weighted by Gasteiger charge is -2.51. The Morgan fingerprint density at radius 3 is 2.16 bits per heavy atom. The van der Waals surface area contributed by atoms with Crippen molar-refractivity contribution in [3.05, 3.63) is 106 Å². The van der Waals surface area contributed by atoms with E-state index in [-0.39, 0.29) is 23.4 Å². The first kappa shape index (κ1) is 31.7. The normalized spacial score (nSPS) is 21.6. The van der Waals surface area contributed by atoms with Crippen molar-refractivity contribution in [3.63, 3.8) is 0 Å². The highest BCUT2D eigenvalue weighted by Crippen LogP contribution is 2.33. The third-order valence-corrected chi connectivity index (χ3v) is 10.6. The van der Waals surface area contributed by atoms with Gasteiger partial charge in [0.1, 0.15) is 6.04 Å². The number of likely N-dealkylation sites (N-methyl/N-ethyl adjacent to an activating group) is 1. The molecular formula is C37H46ClN5O2.